The fourth-order valence-electron chi connectivity index (χ4n) is 0.907. The molecule has 0 fully saturated rings. The molecule has 4 nitrogen and oxygen atoms in total. The maximum atomic E-state index is 9.15. The largest absolute Gasteiger partial charge is 0.508 e. The monoisotopic (exact) mass is 170 g/mol. The average molecular weight is 170 g/mol. The molecule has 0 saturated heterocycles. The number of hydrogen-bond donors (Lipinski definition) is 4. The third-order valence-electron chi connectivity index (χ3n) is 1.54. The highest BCUT2D eigenvalue weighted by atomic mass is 16.3. The number of hydrogen-bond acceptors (Lipinski definition) is 4. The van der Waals surface area contributed by atoms with Gasteiger partial charge in [0.2, 0.25) is 0 Å². The van der Waals surface area contributed by atoms with Crippen molar-refractivity contribution in [2.75, 3.05) is 6.61 Å². The number of phenolic OH excluding ortho intramolecular Hbond substituents is 2. The zero-order valence-electron chi connectivity index (χ0n) is 6.31. The fourth-order valence-corrected chi connectivity index (χ4v) is 0.907. The maximum absolute atomic E-state index is 9.15. The zero-order chi connectivity index (χ0) is 9.14. The van der Waals surface area contributed by atoms with Crippen molar-refractivity contribution in [1.29, 1.82) is 0 Å². The molecule has 0 bridgehead atoms. The van der Waals surface area contributed by atoms with E-state index in [-0.39, 0.29) is 17.1 Å². The first-order chi connectivity index (χ1) is 5.65. The van der Waals surface area contributed by atoms with Crippen LogP contribution in [0.5, 0.6) is 11.5 Å². The molecule has 0 aliphatic rings. The number of benzene rings is 1. The Hall–Kier alpha value is -1.26. The first-order valence-corrected chi connectivity index (χ1v) is 3.46. The van der Waals surface area contributed by atoms with E-state index >= 15 is 0 Å². The first kappa shape index (κ1) is 8.83. The zero-order valence-corrected chi connectivity index (χ0v) is 6.31. The van der Waals surface area contributed by atoms with E-state index in [1.54, 1.807) is 0 Å². The Bertz CT molecular complexity index is 272. The molecule has 1 aromatic rings. The van der Waals surface area contributed by atoms with Crippen LogP contribution in [0.3, 0.4) is 0 Å². The van der Waals surface area contributed by atoms with Gasteiger partial charge in [-0.2, -0.15) is 0 Å². The quantitative estimate of drug-likeness (QED) is 0.475. The molecule has 12 heavy (non-hydrogen) atoms. The van der Waals surface area contributed by atoms with Crippen molar-refractivity contribution in [2.45, 2.75) is 6.10 Å². The van der Waals surface area contributed by atoms with Crippen molar-refractivity contribution in [2.24, 2.45) is 0 Å². The lowest BCUT2D eigenvalue weighted by atomic mass is 10.1. The Balaban J connectivity index is 3.04. The van der Waals surface area contributed by atoms with Crippen LogP contribution in [-0.4, -0.2) is 27.0 Å². The fraction of sp³-hybridized carbons (Fsp3) is 0.250. The van der Waals surface area contributed by atoms with Crippen molar-refractivity contribution < 1.29 is 20.4 Å². The van der Waals surface area contributed by atoms with Crippen molar-refractivity contribution in [1.82, 2.24) is 0 Å². The molecule has 66 valence electrons. The molecular weight excluding hydrogens is 160 g/mol. The summed E-state index contributed by atoms with van der Waals surface area (Å²) in [5.41, 5.74) is 0.123. The molecule has 0 saturated carbocycles. The third kappa shape index (κ3) is 1.66. The van der Waals surface area contributed by atoms with Gasteiger partial charge < -0.3 is 20.4 Å². The summed E-state index contributed by atoms with van der Waals surface area (Å²) >= 11 is 0. The molecule has 1 atom stereocenters. The lowest BCUT2D eigenvalue weighted by Gasteiger charge is -2.09. The van der Waals surface area contributed by atoms with Gasteiger partial charge in [-0.05, 0) is 18.2 Å². The minimum atomic E-state index is -1.16. The predicted octanol–water partition coefficient (Wildman–Crippen LogP) is 0.123. The summed E-state index contributed by atoms with van der Waals surface area (Å²) in [7, 11) is 0. The molecule has 1 unspecified atom stereocenters. The van der Waals surface area contributed by atoms with E-state index in [4.69, 9.17) is 20.4 Å². The van der Waals surface area contributed by atoms with Gasteiger partial charge in [-0.1, -0.05) is 0 Å². The smallest absolute Gasteiger partial charge is 0.121 e. The lowest BCUT2D eigenvalue weighted by molar-refractivity contribution is 0.0933. The molecule has 0 radical (unpaired) electrons. The number of rotatable bonds is 2. The highest BCUT2D eigenvalue weighted by molar-refractivity contribution is 5.39. The van der Waals surface area contributed by atoms with Gasteiger partial charge in [0.25, 0.3) is 0 Å². The van der Waals surface area contributed by atoms with Gasteiger partial charge >= 0.3 is 0 Å². The summed E-state index contributed by atoms with van der Waals surface area (Å²) in [6.45, 7) is -0.489. The Morgan fingerprint density at radius 1 is 1.25 bits per heavy atom. The Morgan fingerprint density at radius 2 is 1.92 bits per heavy atom. The van der Waals surface area contributed by atoms with E-state index in [0.29, 0.717) is 0 Å². The van der Waals surface area contributed by atoms with Gasteiger partial charge in [-0.25, -0.2) is 0 Å². The summed E-state index contributed by atoms with van der Waals surface area (Å²) in [5, 5.41) is 35.8. The van der Waals surface area contributed by atoms with E-state index in [0.717, 1.165) is 0 Å². The van der Waals surface area contributed by atoms with Crippen LogP contribution in [0.25, 0.3) is 0 Å². The van der Waals surface area contributed by atoms with Crippen LogP contribution in [-0.2, 0) is 0 Å². The summed E-state index contributed by atoms with van der Waals surface area (Å²) in [5.74, 6) is -0.204. The minimum Gasteiger partial charge on any atom is -0.508 e. The number of aromatic hydroxyl groups is 2. The minimum absolute atomic E-state index is 0.0599. The van der Waals surface area contributed by atoms with Crippen LogP contribution >= 0.6 is 0 Å². The highest BCUT2D eigenvalue weighted by Gasteiger charge is 2.11. The van der Waals surface area contributed by atoms with E-state index in [1.807, 2.05) is 0 Å². The standard InChI is InChI=1S/C8H10O4/c9-4-8(12)6-3-5(10)1-2-7(6)11/h1-3,8-12H,4H2. The molecule has 0 aliphatic carbocycles. The van der Waals surface area contributed by atoms with Gasteiger partial charge in [0.1, 0.15) is 17.6 Å². The van der Waals surface area contributed by atoms with Gasteiger partial charge in [-0.15, -0.1) is 0 Å². The van der Waals surface area contributed by atoms with Crippen LogP contribution in [0.4, 0.5) is 0 Å². The van der Waals surface area contributed by atoms with E-state index < -0.39 is 12.7 Å². The van der Waals surface area contributed by atoms with Gasteiger partial charge in [-0.3, -0.25) is 0 Å². The molecule has 4 N–H and O–H groups in total. The van der Waals surface area contributed by atoms with Crippen LogP contribution in [0, 0.1) is 0 Å². The molecule has 1 aromatic carbocycles. The van der Waals surface area contributed by atoms with Crippen molar-refractivity contribution in [3.05, 3.63) is 23.8 Å². The van der Waals surface area contributed by atoms with Crippen LogP contribution in [0.1, 0.15) is 11.7 Å². The normalized spacial score (nSPS) is 12.8. The summed E-state index contributed by atoms with van der Waals surface area (Å²) in [6, 6.07) is 3.75. The highest BCUT2D eigenvalue weighted by Crippen LogP contribution is 2.27. The second-order valence-electron chi connectivity index (χ2n) is 2.44. The van der Waals surface area contributed by atoms with Crippen LogP contribution in [0.15, 0.2) is 18.2 Å². The Morgan fingerprint density at radius 3 is 2.50 bits per heavy atom. The van der Waals surface area contributed by atoms with Gasteiger partial charge in [0.05, 0.1) is 6.61 Å². The molecule has 0 amide bonds. The molecule has 0 heterocycles. The maximum Gasteiger partial charge on any atom is 0.121 e. The summed E-state index contributed by atoms with van der Waals surface area (Å²) in [4.78, 5) is 0. The topological polar surface area (TPSA) is 80.9 Å². The number of phenols is 2. The van der Waals surface area contributed by atoms with E-state index in [2.05, 4.69) is 0 Å². The summed E-state index contributed by atoms with van der Waals surface area (Å²) < 4.78 is 0. The van der Waals surface area contributed by atoms with Crippen molar-refractivity contribution >= 4 is 0 Å². The van der Waals surface area contributed by atoms with Gasteiger partial charge in [0, 0.05) is 5.56 Å². The molecule has 0 spiro atoms. The second-order valence-corrected chi connectivity index (χ2v) is 2.44. The second kappa shape index (κ2) is 3.42. The van der Waals surface area contributed by atoms with Crippen molar-refractivity contribution in [3.63, 3.8) is 0 Å². The Kier molecular flexibility index (Phi) is 2.52. The molecule has 4 heteroatoms. The molecule has 0 aromatic heterocycles. The molecule has 0 aliphatic heterocycles. The van der Waals surface area contributed by atoms with E-state index in [1.165, 1.54) is 18.2 Å². The lowest BCUT2D eigenvalue weighted by Crippen LogP contribution is -2.02. The molecule has 1 rings (SSSR count). The summed E-state index contributed by atoms with van der Waals surface area (Å²) in [6.07, 6.45) is -1.16. The van der Waals surface area contributed by atoms with Gasteiger partial charge in [0.15, 0.2) is 0 Å². The van der Waals surface area contributed by atoms with Crippen LogP contribution in [0.2, 0.25) is 0 Å². The SMILES string of the molecule is OCC(O)c1cc(O)ccc1O. The number of aliphatic hydroxyl groups excluding tert-OH is 2. The third-order valence-corrected chi connectivity index (χ3v) is 1.54. The van der Waals surface area contributed by atoms with E-state index in [9.17, 15) is 0 Å². The van der Waals surface area contributed by atoms with Crippen LogP contribution < -0.4 is 0 Å². The first-order valence-electron chi connectivity index (χ1n) is 3.46. The Labute approximate surface area is 69.3 Å². The molecular formula is C8H10O4. The average Bonchev–Trinajstić information content (AvgIpc) is 2.08. The number of aliphatic hydroxyl groups is 2. The van der Waals surface area contributed by atoms with Crippen molar-refractivity contribution in [3.8, 4) is 11.5 Å². The predicted molar refractivity (Wildman–Crippen MR) is 41.8 cm³/mol.